The van der Waals surface area contributed by atoms with Crippen molar-refractivity contribution in [2.75, 3.05) is 24.5 Å². The van der Waals surface area contributed by atoms with Gasteiger partial charge in [-0.15, -0.1) is 0 Å². The minimum atomic E-state index is -3.52. The van der Waals surface area contributed by atoms with E-state index in [1.807, 2.05) is 49.1 Å². The van der Waals surface area contributed by atoms with Crippen molar-refractivity contribution in [1.29, 1.82) is 0 Å². The third-order valence-electron chi connectivity index (χ3n) is 5.90. The Hall–Kier alpha value is -2.18. The van der Waals surface area contributed by atoms with Gasteiger partial charge in [0.1, 0.15) is 0 Å². The molecule has 2 aliphatic rings. The number of sulfonamides is 1. The molecule has 0 radical (unpaired) electrons. The van der Waals surface area contributed by atoms with Crippen LogP contribution in [0.2, 0.25) is 0 Å². The average Bonchev–Trinajstić information content (AvgIpc) is 3.11. The van der Waals surface area contributed by atoms with E-state index in [1.165, 1.54) is 9.87 Å². The van der Waals surface area contributed by atoms with E-state index in [0.717, 1.165) is 29.8 Å². The Morgan fingerprint density at radius 2 is 1.71 bits per heavy atom. The molecule has 0 atom stereocenters. The van der Waals surface area contributed by atoms with Gasteiger partial charge >= 0.3 is 0 Å². The number of benzene rings is 2. The number of nitrogens with zero attached hydrogens (tertiary/aromatic N) is 2. The number of carbonyl (C=O) groups is 1. The Kier molecular flexibility index (Phi) is 5.02. The van der Waals surface area contributed by atoms with Crippen LogP contribution in [0.1, 0.15) is 29.5 Å². The summed E-state index contributed by atoms with van der Waals surface area (Å²) in [4.78, 5) is 15.3. The lowest BCUT2D eigenvalue weighted by atomic mass is 9.96. The van der Waals surface area contributed by atoms with Crippen LogP contribution >= 0.6 is 0 Å². The maximum absolute atomic E-state index is 13.0. The van der Waals surface area contributed by atoms with Crippen molar-refractivity contribution >= 4 is 21.6 Å². The van der Waals surface area contributed by atoms with Gasteiger partial charge in [0.05, 0.1) is 4.90 Å². The lowest BCUT2D eigenvalue weighted by Gasteiger charge is -2.33. The number of carbonyl (C=O) groups excluding carboxylic acids is 1. The second kappa shape index (κ2) is 7.33. The quantitative estimate of drug-likeness (QED) is 0.797. The molecular weight excluding hydrogens is 372 g/mol. The summed E-state index contributed by atoms with van der Waals surface area (Å²) in [5.41, 5.74) is 4.04. The summed E-state index contributed by atoms with van der Waals surface area (Å²) in [7, 11) is -3.52. The third kappa shape index (κ3) is 3.35. The molecule has 1 fully saturated rings. The summed E-state index contributed by atoms with van der Waals surface area (Å²) < 4.78 is 27.6. The number of fused-ring (bicyclic) bond motifs is 1. The SMILES string of the molecule is Cc1ccc(S(=O)(=O)N2CCC(C(=O)N3CCc4ccccc43)CC2)c(C)c1. The maximum atomic E-state index is 13.0. The molecule has 0 aliphatic carbocycles. The zero-order chi connectivity index (χ0) is 19.9. The van der Waals surface area contributed by atoms with Gasteiger partial charge in [-0.05, 0) is 56.4 Å². The minimum Gasteiger partial charge on any atom is -0.312 e. The number of rotatable bonds is 3. The predicted molar refractivity (Wildman–Crippen MR) is 110 cm³/mol. The van der Waals surface area contributed by atoms with Gasteiger partial charge < -0.3 is 4.90 Å². The van der Waals surface area contributed by atoms with E-state index in [1.54, 1.807) is 6.07 Å². The van der Waals surface area contributed by atoms with Crippen LogP contribution < -0.4 is 4.90 Å². The molecule has 6 heteroatoms. The molecule has 148 valence electrons. The van der Waals surface area contributed by atoms with Crippen molar-refractivity contribution in [1.82, 2.24) is 4.31 Å². The molecule has 4 rings (SSSR count). The molecule has 2 heterocycles. The van der Waals surface area contributed by atoms with E-state index in [0.29, 0.717) is 30.8 Å². The van der Waals surface area contributed by atoms with Gasteiger partial charge in [-0.25, -0.2) is 8.42 Å². The van der Waals surface area contributed by atoms with Crippen molar-refractivity contribution in [2.24, 2.45) is 5.92 Å². The highest BCUT2D eigenvalue weighted by Crippen LogP contribution is 2.32. The van der Waals surface area contributed by atoms with Crippen LogP contribution in [0.3, 0.4) is 0 Å². The molecule has 0 bridgehead atoms. The third-order valence-corrected chi connectivity index (χ3v) is 7.96. The fraction of sp³-hybridized carbons (Fsp3) is 0.409. The number of hydrogen-bond acceptors (Lipinski definition) is 3. The zero-order valence-corrected chi connectivity index (χ0v) is 17.2. The number of hydrogen-bond donors (Lipinski definition) is 0. The first-order valence-corrected chi connectivity index (χ1v) is 11.3. The molecule has 5 nitrogen and oxygen atoms in total. The van der Waals surface area contributed by atoms with E-state index in [9.17, 15) is 13.2 Å². The van der Waals surface area contributed by atoms with Crippen molar-refractivity contribution in [3.05, 3.63) is 59.2 Å². The Balaban J connectivity index is 1.45. The van der Waals surface area contributed by atoms with E-state index < -0.39 is 10.0 Å². The molecule has 1 amide bonds. The second-order valence-electron chi connectivity index (χ2n) is 7.82. The average molecular weight is 399 g/mol. The molecular formula is C22H26N2O3S. The summed E-state index contributed by atoms with van der Waals surface area (Å²) in [5.74, 6) is 0.0187. The number of para-hydroxylation sites is 1. The van der Waals surface area contributed by atoms with Crippen LogP contribution in [0.25, 0.3) is 0 Å². The number of aryl methyl sites for hydroxylation is 2. The normalized spacial score (nSPS) is 18.3. The number of amides is 1. The predicted octanol–water partition coefficient (Wildman–Crippen LogP) is 3.29. The molecule has 0 unspecified atom stereocenters. The Bertz CT molecular complexity index is 1010. The Labute approximate surface area is 167 Å². The lowest BCUT2D eigenvalue weighted by Crippen LogP contribution is -2.44. The topological polar surface area (TPSA) is 57.7 Å². The molecule has 28 heavy (non-hydrogen) atoms. The van der Waals surface area contributed by atoms with Crippen LogP contribution in [0.4, 0.5) is 5.69 Å². The minimum absolute atomic E-state index is 0.114. The number of anilines is 1. The van der Waals surface area contributed by atoms with Crippen molar-refractivity contribution in [2.45, 2.75) is 38.0 Å². The van der Waals surface area contributed by atoms with Crippen molar-refractivity contribution < 1.29 is 13.2 Å². The summed E-state index contributed by atoms with van der Waals surface area (Å²) in [6, 6.07) is 13.5. The van der Waals surface area contributed by atoms with Crippen LogP contribution in [0.5, 0.6) is 0 Å². The van der Waals surface area contributed by atoms with Crippen molar-refractivity contribution in [3.8, 4) is 0 Å². The Morgan fingerprint density at radius 3 is 2.43 bits per heavy atom. The molecule has 0 spiro atoms. The van der Waals surface area contributed by atoms with Crippen LogP contribution in [-0.4, -0.2) is 38.3 Å². The summed E-state index contributed by atoms with van der Waals surface area (Å²) in [6.45, 7) is 5.29. The van der Waals surface area contributed by atoms with Gasteiger partial charge in [-0.3, -0.25) is 4.79 Å². The van der Waals surface area contributed by atoms with Gasteiger partial charge in [-0.1, -0.05) is 35.9 Å². The van der Waals surface area contributed by atoms with Crippen LogP contribution in [0.15, 0.2) is 47.4 Å². The van der Waals surface area contributed by atoms with Gasteiger partial charge in [0.15, 0.2) is 0 Å². The van der Waals surface area contributed by atoms with Crippen molar-refractivity contribution in [3.63, 3.8) is 0 Å². The van der Waals surface area contributed by atoms with E-state index in [4.69, 9.17) is 0 Å². The fourth-order valence-electron chi connectivity index (χ4n) is 4.36. The zero-order valence-electron chi connectivity index (χ0n) is 16.4. The fourth-order valence-corrected chi connectivity index (χ4v) is 6.03. The summed E-state index contributed by atoms with van der Waals surface area (Å²) in [6.07, 6.45) is 2.03. The summed E-state index contributed by atoms with van der Waals surface area (Å²) in [5, 5.41) is 0. The van der Waals surface area contributed by atoms with E-state index in [2.05, 4.69) is 6.07 Å². The smallest absolute Gasteiger partial charge is 0.243 e. The van der Waals surface area contributed by atoms with Gasteiger partial charge in [0, 0.05) is 31.2 Å². The summed E-state index contributed by atoms with van der Waals surface area (Å²) >= 11 is 0. The Morgan fingerprint density at radius 1 is 1.00 bits per heavy atom. The molecule has 2 aliphatic heterocycles. The monoisotopic (exact) mass is 398 g/mol. The van der Waals surface area contributed by atoms with E-state index >= 15 is 0 Å². The van der Waals surface area contributed by atoms with Gasteiger partial charge in [-0.2, -0.15) is 4.31 Å². The van der Waals surface area contributed by atoms with Gasteiger partial charge in [0.25, 0.3) is 0 Å². The highest BCUT2D eigenvalue weighted by atomic mass is 32.2. The molecule has 0 aromatic heterocycles. The molecule has 2 aromatic rings. The first-order valence-electron chi connectivity index (χ1n) is 9.84. The standard InChI is InChI=1S/C22H26N2O3S/c1-16-7-8-21(17(2)15-16)28(26,27)23-12-9-19(10-13-23)22(25)24-14-11-18-5-3-4-6-20(18)24/h3-8,15,19H,9-14H2,1-2H3. The molecule has 0 N–H and O–H groups in total. The first kappa shape index (κ1) is 19.2. The van der Waals surface area contributed by atoms with Gasteiger partial charge in [0.2, 0.25) is 15.9 Å². The second-order valence-corrected chi connectivity index (χ2v) is 9.72. The highest BCUT2D eigenvalue weighted by Gasteiger charge is 2.36. The molecule has 1 saturated heterocycles. The number of piperidine rings is 1. The molecule has 2 aromatic carbocycles. The largest absolute Gasteiger partial charge is 0.312 e. The van der Waals surface area contributed by atoms with Crippen LogP contribution in [-0.2, 0) is 21.2 Å². The van der Waals surface area contributed by atoms with Crippen LogP contribution in [0, 0.1) is 19.8 Å². The van der Waals surface area contributed by atoms with E-state index in [-0.39, 0.29) is 11.8 Å². The highest BCUT2D eigenvalue weighted by molar-refractivity contribution is 7.89. The maximum Gasteiger partial charge on any atom is 0.243 e. The first-order chi connectivity index (χ1) is 13.4. The molecule has 0 saturated carbocycles. The lowest BCUT2D eigenvalue weighted by molar-refractivity contribution is -0.123.